The number of fused-ring (bicyclic) bond motifs is 1. The number of hydrogen-bond donors (Lipinski definition) is 1. The maximum atomic E-state index is 12.2. The SMILES string of the molecule is CSCc1ccc(C(=O)Nc2ccc3c(c2)CC(C)O3)o1. The lowest BCUT2D eigenvalue weighted by Gasteiger charge is -2.05. The summed E-state index contributed by atoms with van der Waals surface area (Å²) in [7, 11) is 0. The van der Waals surface area contributed by atoms with E-state index in [9.17, 15) is 4.79 Å². The molecule has 2 heterocycles. The number of carbonyl (C=O) groups excluding carboxylic acids is 1. The Morgan fingerprint density at radius 1 is 1.38 bits per heavy atom. The molecule has 1 aromatic heterocycles. The van der Waals surface area contributed by atoms with Crippen molar-refractivity contribution in [3.63, 3.8) is 0 Å². The molecule has 110 valence electrons. The Morgan fingerprint density at radius 3 is 3.05 bits per heavy atom. The van der Waals surface area contributed by atoms with Gasteiger partial charge in [-0.1, -0.05) is 0 Å². The van der Waals surface area contributed by atoms with E-state index in [2.05, 4.69) is 5.32 Å². The molecule has 4 nitrogen and oxygen atoms in total. The standard InChI is InChI=1S/C16H17NO3S/c1-10-7-11-8-12(3-5-14(11)19-10)17-16(18)15-6-4-13(20-15)9-21-2/h3-6,8,10H,7,9H2,1-2H3,(H,17,18). The minimum Gasteiger partial charge on any atom is -0.490 e. The number of rotatable bonds is 4. The summed E-state index contributed by atoms with van der Waals surface area (Å²) in [5, 5.41) is 2.86. The zero-order valence-electron chi connectivity index (χ0n) is 12.0. The first kappa shape index (κ1) is 14.1. The third kappa shape index (κ3) is 3.08. The lowest BCUT2D eigenvalue weighted by Crippen LogP contribution is -2.10. The highest BCUT2D eigenvalue weighted by atomic mass is 32.2. The molecule has 0 radical (unpaired) electrons. The summed E-state index contributed by atoms with van der Waals surface area (Å²) in [6.07, 6.45) is 3.07. The molecule has 1 unspecified atom stereocenters. The number of ether oxygens (including phenoxy) is 1. The second-order valence-electron chi connectivity index (χ2n) is 5.11. The number of furan rings is 1. The Hall–Kier alpha value is -1.88. The van der Waals surface area contributed by atoms with Crippen LogP contribution in [0.25, 0.3) is 0 Å². The molecule has 0 saturated heterocycles. The molecule has 1 aliphatic rings. The molecule has 2 aromatic rings. The first-order valence-electron chi connectivity index (χ1n) is 6.84. The van der Waals surface area contributed by atoms with Gasteiger partial charge in [-0.3, -0.25) is 4.79 Å². The summed E-state index contributed by atoms with van der Waals surface area (Å²) in [5.74, 6) is 2.59. The van der Waals surface area contributed by atoms with Crippen LogP contribution in [0.1, 0.15) is 28.8 Å². The van der Waals surface area contributed by atoms with E-state index in [0.29, 0.717) is 5.76 Å². The number of hydrogen-bond acceptors (Lipinski definition) is 4. The summed E-state index contributed by atoms with van der Waals surface area (Å²) >= 11 is 1.66. The third-order valence-corrected chi connectivity index (χ3v) is 3.90. The molecule has 1 atom stereocenters. The fraction of sp³-hybridized carbons (Fsp3) is 0.312. The predicted molar refractivity (Wildman–Crippen MR) is 84.1 cm³/mol. The van der Waals surface area contributed by atoms with E-state index in [1.54, 1.807) is 17.8 Å². The van der Waals surface area contributed by atoms with Crippen LogP contribution in [0.5, 0.6) is 5.75 Å². The lowest BCUT2D eigenvalue weighted by molar-refractivity contribution is 0.0995. The Kier molecular flexibility index (Phi) is 3.92. The molecule has 0 spiro atoms. The molecule has 21 heavy (non-hydrogen) atoms. The summed E-state index contributed by atoms with van der Waals surface area (Å²) < 4.78 is 11.2. The molecule has 1 aliphatic heterocycles. The van der Waals surface area contributed by atoms with Gasteiger partial charge in [0.05, 0.1) is 5.75 Å². The van der Waals surface area contributed by atoms with Gasteiger partial charge in [-0.25, -0.2) is 0 Å². The zero-order chi connectivity index (χ0) is 14.8. The Labute approximate surface area is 127 Å². The van der Waals surface area contributed by atoms with Gasteiger partial charge in [0, 0.05) is 12.1 Å². The van der Waals surface area contributed by atoms with E-state index >= 15 is 0 Å². The summed E-state index contributed by atoms with van der Waals surface area (Å²) in [6.45, 7) is 2.04. The van der Waals surface area contributed by atoms with Gasteiger partial charge in [-0.05, 0) is 49.1 Å². The average Bonchev–Trinajstić information content (AvgIpc) is 3.04. The van der Waals surface area contributed by atoms with Crippen LogP contribution in [0.2, 0.25) is 0 Å². The van der Waals surface area contributed by atoms with Crippen molar-refractivity contribution in [2.24, 2.45) is 0 Å². The highest BCUT2D eigenvalue weighted by molar-refractivity contribution is 7.97. The van der Waals surface area contributed by atoms with E-state index in [1.807, 2.05) is 37.4 Å². The third-order valence-electron chi connectivity index (χ3n) is 3.33. The van der Waals surface area contributed by atoms with E-state index in [1.165, 1.54) is 0 Å². The van der Waals surface area contributed by atoms with Crippen molar-refractivity contribution in [3.05, 3.63) is 47.4 Å². The highest BCUT2D eigenvalue weighted by Gasteiger charge is 2.19. The largest absolute Gasteiger partial charge is 0.490 e. The second kappa shape index (κ2) is 5.85. The number of benzene rings is 1. The second-order valence-corrected chi connectivity index (χ2v) is 5.97. The van der Waals surface area contributed by atoms with E-state index in [4.69, 9.17) is 9.15 Å². The van der Waals surface area contributed by atoms with Crippen LogP contribution in [-0.2, 0) is 12.2 Å². The fourth-order valence-electron chi connectivity index (χ4n) is 2.41. The van der Waals surface area contributed by atoms with Crippen LogP contribution in [0.4, 0.5) is 5.69 Å². The van der Waals surface area contributed by atoms with E-state index in [0.717, 1.165) is 34.9 Å². The topological polar surface area (TPSA) is 51.5 Å². The number of thioether (sulfide) groups is 1. The molecule has 0 bridgehead atoms. The average molecular weight is 303 g/mol. The maximum Gasteiger partial charge on any atom is 0.291 e. The van der Waals surface area contributed by atoms with Crippen molar-refractivity contribution in [3.8, 4) is 5.75 Å². The Balaban J connectivity index is 1.71. The van der Waals surface area contributed by atoms with Crippen molar-refractivity contribution in [1.82, 2.24) is 0 Å². The molecule has 3 rings (SSSR count). The van der Waals surface area contributed by atoms with Crippen LogP contribution in [0, 0.1) is 0 Å². The van der Waals surface area contributed by atoms with Gasteiger partial charge >= 0.3 is 0 Å². The molecular weight excluding hydrogens is 286 g/mol. The van der Waals surface area contributed by atoms with Crippen molar-refractivity contribution in [2.75, 3.05) is 11.6 Å². The van der Waals surface area contributed by atoms with Crippen LogP contribution in [0.3, 0.4) is 0 Å². The minimum atomic E-state index is -0.228. The van der Waals surface area contributed by atoms with Crippen molar-refractivity contribution < 1.29 is 13.9 Å². The van der Waals surface area contributed by atoms with E-state index < -0.39 is 0 Å². The molecule has 0 aliphatic carbocycles. The lowest BCUT2D eigenvalue weighted by atomic mass is 10.1. The van der Waals surface area contributed by atoms with Crippen molar-refractivity contribution in [2.45, 2.75) is 25.2 Å². The van der Waals surface area contributed by atoms with E-state index in [-0.39, 0.29) is 12.0 Å². The van der Waals surface area contributed by atoms with Crippen molar-refractivity contribution >= 4 is 23.4 Å². The molecule has 0 saturated carbocycles. The minimum absolute atomic E-state index is 0.199. The van der Waals surface area contributed by atoms with Gasteiger partial charge in [0.25, 0.3) is 5.91 Å². The predicted octanol–water partition coefficient (Wildman–Crippen LogP) is 3.72. The van der Waals surface area contributed by atoms with Crippen LogP contribution >= 0.6 is 11.8 Å². The molecule has 1 aromatic carbocycles. The smallest absolute Gasteiger partial charge is 0.291 e. The maximum absolute atomic E-state index is 12.2. The van der Waals surface area contributed by atoms with Gasteiger partial charge in [0.2, 0.25) is 0 Å². The van der Waals surface area contributed by atoms with Gasteiger partial charge < -0.3 is 14.5 Å². The monoisotopic (exact) mass is 303 g/mol. The van der Waals surface area contributed by atoms with Gasteiger partial charge in [0.15, 0.2) is 5.76 Å². The number of amides is 1. The summed E-state index contributed by atoms with van der Waals surface area (Å²) in [6, 6.07) is 9.25. The first-order chi connectivity index (χ1) is 10.2. The van der Waals surface area contributed by atoms with Gasteiger partial charge in [0.1, 0.15) is 17.6 Å². The Morgan fingerprint density at radius 2 is 2.24 bits per heavy atom. The molecule has 0 fully saturated rings. The van der Waals surface area contributed by atoms with Crippen LogP contribution in [-0.4, -0.2) is 18.3 Å². The molecular formula is C16H17NO3S. The van der Waals surface area contributed by atoms with Crippen LogP contribution in [0.15, 0.2) is 34.7 Å². The van der Waals surface area contributed by atoms with Gasteiger partial charge in [-0.2, -0.15) is 11.8 Å². The normalized spacial score (nSPS) is 16.4. The zero-order valence-corrected chi connectivity index (χ0v) is 12.8. The first-order valence-corrected chi connectivity index (χ1v) is 8.23. The number of carbonyl (C=O) groups is 1. The Bertz CT molecular complexity index is 665. The number of anilines is 1. The summed E-state index contributed by atoms with van der Waals surface area (Å²) in [4.78, 5) is 12.2. The number of nitrogens with one attached hydrogen (secondary N) is 1. The quantitative estimate of drug-likeness (QED) is 0.935. The molecule has 1 N–H and O–H groups in total. The summed E-state index contributed by atoms with van der Waals surface area (Å²) in [5.41, 5.74) is 1.89. The van der Waals surface area contributed by atoms with Crippen LogP contribution < -0.4 is 10.1 Å². The van der Waals surface area contributed by atoms with Gasteiger partial charge in [-0.15, -0.1) is 0 Å². The fourth-order valence-corrected chi connectivity index (χ4v) is 2.85. The van der Waals surface area contributed by atoms with Crippen molar-refractivity contribution in [1.29, 1.82) is 0 Å². The molecule has 5 heteroatoms. The molecule has 1 amide bonds. The highest BCUT2D eigenvalue weighted by Crippen LogP contribution is 2.31.